The van der Waals surface area contributed by atoms with Gasteiger partial charge in [0.15, 0.2) is 5.82 Å². The lowest BCUT2D eigenvalue weighted by molar-refractivity contribution is 0.414. The number of aromatic nitrogens is 6. The third-order valence-corrected chi connectivity index (χ3v) is 5.15. The van der Waals surface area contributed by atoms with Crippen molar-refractivity contribution in [2.75, 3.05) is 7.11 Å². The number of rotatable bonds is 6. The fourth-order valence-corrected chi connectivity index (χ4v) is 3.58. The Hall–Kier alpha value is -4.33. The van der Waals surface area contributed by atoms with Gasteiger partial charge in [-0.1, -0.05) is 54.6 Å². The van der Waals surface area contributed by atoms with Gasteiger partial charge in [0.05, 0.1) is 19.2 Å². The molecule has 0 aliphatic rings. The standard InChI is InChI=1S/C23H18N6O2/c1-31-19-12-6-16(7-13-19)14-28-23(24-26-27-28)18-10-8-17(9-11-18)22-20-4-2-3-5-21(20)29(15-30)25-22/h2-13,15H,14H2,1H3. The van der Waals surface area contributed by atoms with Crippen LogP contribution in [0.4, 0.5) is 0 Å². The van der Waals surface area contributed by atoms with Crippen LogP contribution in [0.5, 0.6) is 5.75 Å². The predicted octanol–water partition coefficient (Wildman–Crippen LogP) is 3.45. The van der Waals surface area contributed by atoms with E-state index in [0.717, 1.165) is 39.0 Å². The van der Waals surface area contributed by atoms with Gasteiger partial charge >= 0.3 is 0 Å². The highest BCUT2D eigenvalue weighted by Crippen LogP contribution is 2.29. The van der Waals surface area contributed by atoms with Crippen LogP contribution in [-0.4, -0.2) is 43.5 Å². The zero-order valence-corrected chi connectivity index (χ0v) is 16.7. The Bertz CT molecular complexity index is 1350. The molecule has 0 spiro atoms. The van der Waals surface area contributed by atoms with E-state index in [0.29, 0.717) is 18.8 Å². The first-order chi connectivity index (χ1) is 15.3. The smallest absolute Gasteiger partial charge is 0.234 e. The molecule has 8 nitrogen and oxygen atoms in total. The maximum Gasteiger partial charge on any atom is 0.234 e. The number of hydrogen-bond acceptors (Lipinski definition) is 6. The van der Waals surface area contributed by atoms with E-state index >= 15 is 0 Å². The van der Waals surface area contributed by atoms with Gasteiger partial charge < -0.3 is 4.74 Å². The Morgan fingerprint density at radius 3 is 2.42 bits per heavy atom. The minimum Gasteiger partial charge on any atom is -0.497 e. The minimum absolute atomic E-state index is 0.544. The normalized spacial score (nSPS) is 11.0. The SMILES string of the molecule is COc1ccc(Cn2nnnc2-c2ccc(-c3nn(C=O)c4ccccc34)cc2)cc1. The third-order valence-electron chi connectivity index (χ3n) is 5.15. The van der Waals surface area contributed by atoms with Crippen LogP contribution in [0.15, 0.2) is 72.8 Å². The maximum absolute atomic E-state index is 11.4. The molecule has 8 heteroatoms. The summed E-state index contributed by atoms with van der Waals surface area (Å²) in [4.78, 5) is 11.4. The Morgan fingerprint density at radius 2 is 1.68 bits per heavy atom. The molecule has 0 N–H and O–H groups in total. The van der Waals surface area contributed by atoms with Crippen LogP contribution in [0.2, 0.25) is 0 Å². The summed E-state index contributed by atoms with van der Waals surface area (Å²) >= 11 is 0. The second kappa shape index (κ2) is 7.83. The van der Waals surface area contributed by atoms with Gasteiger partial charge in [0.25, 0.3) is 0 Å². The maximum atomic E-state index is 11.4. The van der Waals surface area contributed by atoms with Crippen LogP contribution in [0.3, 0.4) is 0 Å². The van der Waals surface area contributed by atoms with E-state index in [1.807, 2.05) is 72.8 Å². The van der Waals surface area contributed by atoms with Gasteiger partial charge in [0.2, 0.25) is 6.41 Å². The lowest BCUT2D eigenvalue weighted by Crippen LogP contribution is -2.04. The second-order valence-electron chi connectivity index (χ2n) is 7.00. The fraction of sp³-hybridized carbons (Fsp3) is 0.0870. The molecule has 0 saturated carbocycles. The number of hydrogen-bond donors (Lipinski definition) is 0. The molecule has 0 radical (unpaired) electrons. The van der Waals surface area contributed by atoms with E-state index in [-0.39, 0.29) is 0 Å². The Morgan fingerprint density at radius 1 is 0.935 bits per heavy atom. The second-order valence-corrected chi connectivity index (χ2v) is 7.00. The van der Waals surface area contributed by atoms with Gasteiger partial charge in [-0.15, -0.1) is 5.10 Å². The molecule has 0 aliphatic carbocycles. The zero-order valence-electron chi connectivity index (χ0n) is 16.7. The van der Waals surface area contributed by atoms with Crippen LogP contribution in [0.25, 0.3) is 33.5 Å². The molecular formula is C23H18N6O2. The summed E-state index contributed by atoms with van der Waals surface area (Å²) in [6, 6.07) is 23.3. The van der Waals surface area contributed by atoms with Gasteiger partial charge in [-0.25, -0.2) is 9.36 Å². The molecule has 5 aromatic rings. The quantitative estimate of drug-likeness (QED) is 0.399. The van der Waals surface area contributed by atoms with Crippen molar-refractivity contribution < 1.29 is 9.53 Å². The molecule has 0 fully saturated rings. The van der Waals surface area contributed by atoms with E-state index < -0.39 is 0 Å². The van der Waals surface area contributed by atoms with Crippen molar-refractivity contribution in [3.8, 4) is 28.4 Å². The van der Waals surface area contributed by atoms with E-state index in [4.69, 9.17) is 4.74 Å². The first-order valence-electron chi connectivity index (χ1n) is 9.69. The van der Waals surface area contributed by atoms with Crippen molar-refractivity contribution in [1.82, 2.24) is 30.0 Å². The highest BCUT2D eigenvalue weighted by atomic mass is 16.5. The van der Waals surface area contributed by atoms with Gasteiger partial charge in [-0.05, 0) is 34.2 Å². The molecule has 2 aromatic heterocycles. The van der Waals surface area contributed by atoms with E-state index in [1.54, 1.807) is 11.8 Å². The van der Waals surface area contributed by atoms with Gasteiger partial charge in [0.1, 0.15) is 11.4 Å². The summed E-state index contributed by atoms with van der Waals surface area (Å²) in [5, 5.41) is 17.6. The number of methoxy groups -OCH3 is 1. The molecule has 152 valence electrons. The first kappa shape index (κ1) is 18.7. The summed E-state index contributed by atoms with van der Waals surface area (Å²) in [7, 11) is 1.64. The molecule has 0 bridgehead atoms. The molecule has 0 saturated heterocycles. The highest BCUT2D eigenvalue weighted by Gasteiger charge is 2.14. The van der Waals surface area contributed by atoms with Crippen molar-refractivity contribution in [2.24, 2.45) is 0 Å². The summed E-state index contributed by atoms with van der Waals surface area (Å²) in [5.74, 6) is 1.48. The highest BCUT2D eigenvalue weighted by molar-refractivity contribution is 5.96. The van der Waals surface area contributed by atoms with Crippen LogP contribution >= 0.6 is 0 Å². The molecule has 0 aliphatic heterocycles. The zero-order chi connectivity index (χ0) is 21.2. The summed E-state index contributed by atoms with van der Waals surface area (Å²) in [6.07, 6.45) is 0.716. The molecule has 5 rings (SSSR count). The molecule has 0 unspecified atom stereocenters. The summed E-state index contributed by atoms with van der Waals surface area (Å²) < 4.78 is 8.32. The topological polar surface area (TPSA) is 87.7 Å². The van der Waals surface area contributed by atoms with Crippen molar-refractivity contribution in [1.29, 1.82) is 0 Å². The van der Waals surface area contributed by atoms with Crippen molar-refractivity contribution in [3.05, 3.63) is 78.4 Å². The number of tetrazole rings is 1. The summed E-state index contributed by atoms with van der Waals surface area (Å²) in [6.45, 7) is 0.544. The number of ether oxygens (including phenoxy) is 1. The molecule has 0 atom stereocenters. The number of fused-ring (bicyclic) bond motifs is 1. The Labute approximate surface area is 177 Å². The predicted molar refractivity (Wildman–Crippen MR) is 116 cm³/mol. The Balaban J connectivity index is 1.45. The average molecular weight is 410 g/mol. The van der Waals surface area contributed by atoms with E-state index in [1.165, 1.54) is 4.68 Å². The lowest BCUT2D eigenvalue weighted by atomic mass is 10.1. The van der Waals surface area contributed by atoms with Gasteiger partial charge in [-0.2, -0.15) is 5.10 Å². The molecular weight excluding hydrogens is 392 g/mol. The van der Waals surface area contributed by atoms with Crippen LogP contribution in [0, 0.1) is 0 Å². The number of carbonyl (C=O) groups is 1. The fourth-order valence-electron chi connectivity index (χ4n) is 3.58. The minimum atomic E-state index is 0.544. The van der Waals surface area contributed by atoms with E-state index in [9.17, 15) is 4.79 Å². The van der Waals surface area contributed by atoms with Gasteiger partial charge in [0, 0.05) is 16.5 Å². The number of carbonyl (C=O) groups excluding carboxylic acids is 1. The Kier molecular flexibility index (Phi) is 4.72. The van der Waals surface area contributed by atoms with Crippen LogP contribution in [0.1, 0.15) is 5.56 Å². The van der Waals surface area contributed by atoms with Crippen molar-refractivity contribution >= 4 is 17.3 Å². The largest absolute Gasteiger partial charge is 0.497 e. The summed E-state index contributed by atoms with van der Waals surface area (Å²) in [5.41, 5.74) is 4.40. The number of benzene rings is 3. The molecule has 31 heavy (non-hydrogen) atoms. The van der Waals surface area contributed by atoms with Crippen molar-refractivity contribution in [3.63, 3.8) is 0 Å². The monoisotopic (exact) mass is 410 g/mol. The number of para-hydroxylation sites is 1. The first-order valence-corrected chi connectivity index (χ1v) is 9.69. The third kappa shape index (κ3) is 3.44. The van der Waals surface area contributed by atoms with Crippen LogP contribution < -0.4 is 4.74 Å². The van der Waals surface area contributed by atoms with Crippen LogP contribution in [-0.2, 0) is 11.3 Å². The number of nitrogens with zero attached hydrogens (tertiary/aromatic N) is 6. The average Bonchev–Trinajstić information content (AvgIpc) is 3.44. The molecule has 3 aromatic carbocycles. The lowest BCUT2D eigenvalue weighted by Gasteiger charge is -2.07. The molecule has 0 amide bonds. The van der Waals surface area contributed by atoms with E-state index in [2.05, 4.69) is 20.6 Å². The van der Waals surface area contributed by atoms with Gasteiger partial charge in [-0.3, -0.25) is 4.79 Å². The van der Waals surface area contributed by atoms with Crippen molar-refractivity contribution in [2.45, 2.75) is 6.54 Å². The molecule has 2 heterocycles.